The highest BCUT2D eigenvalue weighted by Gasteiger charge is 2.17. The number of hydrogen-bond acceptors (Lipinski definition) is 2. The Bertz CT molecular complexity index is 365. The lowest BCUT2D eigenvalue weighted by atomic mass is 10.2. The van der Waals surface area contributed by atoms with Crippen molar-refractivity contribution in [2.45, 2.75) is 6.54 Å². The normalized spacial score (nSPS) is 11.9. The maximum Gasteiger partial charge on any atom is 0.362 e. The van der Waals surface area contributed by atoms with Crippen LogP contribution in [0.2, 0.25) is 0 Å². The average Bonchev–Trinajstić information content (AvgIpc) is 2.04. The highest BCUT2D eigenvalue weighted by atomic mass is 32.2. The Morgan fingerprint density at radius 2 is 1.85 bits per heavy atom. The summed E-state index contributed by atoms with van der Waals surface area (Å²) in [5, 5.41) is 0. The first-order chi connectivity index (χ1) is 6.00. The first-order valence-electron chi connectivity index (χ1n) is 3.45. The molecule has 0 spiro atoms. The van der Waals surface area contributed by atoms with Gasteiger partial charge in [-0.25, -0.2) is 0 Å². The molecule has 1 aromatic carbocycles. The third-order valence-corrected chi connectivity index (χ3v) is 2.03. The van der Waals surface area contributed by atoms with Crippen LogP contribution in [0.25, 0.3) is 0 Å². The zero-order valence-corrected chi connectivity index (χ0v) is 7.41. The molecular formula is C7H8FNO3S. The predicted molar refractivity (Wildman–Crippen MR) is 44.6 cm³/mol. The molecule has 0 aliphatic rings. The fraction of sp³-hybridized carbons (Fsp3) is 0.143. The van der Waals surface area contributed by atoms with Crippen LogP contribution in [-0.4, -0.2) is 17.5 Å². The molecule has 0 heterocycles. The molecule has 0 radical (unpaired) electrons. The summed E-state index contributed by atoms with van der Waals surface area (Å²) < 4.78 is 40.7. The van der Waals surface area contributed by atoms with Crippen molar-refractivity contribution >= 4 is 10.3 Å². The highest BCUT2D eigenvalue weighted by molar-refractivity contribution is 7.83. The highest BCUT2D eigenvalue weighted by Crippen LogP contribution is 2.07. The van der Waals surface area contributed by atoms with Gasteiger partial charge in [-0.15, -0.1) is 4.48 Å². The quantitative estimate of drug-likeness (QED) is 0.595. The van der Waals surface area contributed by atoms with Crippen LogP contribution >= 0.6 is 0 Å². The summed E-state index contributed by atoms with van der Waals surface area (Å²) in [6, 6.07) is 8.12. The number of hydrogen-bond donors (Lipinski definition) is 1. The van der Waals surface area contributed by atoms with Gasteiger partial charge in [-0.3, -0.25) is 4.55 Å². The summed E-state index contributed by atoms with van der Waals surface area (Å²) in [5.41, 5.74) is 0.461. The first-order valence-corrected chi connectivity index (χ1v) is 4.84. The summed E-state index contributed by atoms with van der Waals surface area (Å²) in [5.74, 6) is 0. The summed E-state index contributed by atoms with van der Waals surface area (Å²) in [6.45, 7) is -0.486. The zero-order valence-electron chi connectivity index (χ0n) is 6.59. The van der Waals surface area contributed by atoms with Crippen LogP contribution in [0, 0.1) is 0 Å². The van der Waals surface area contributed by atoms with Crippen molar-refractivity contribution in [3.05, 3.63) is 35.9 Å². The largest absolute Gasteiger partial charge is 0.362 e. The summed E-state index contributed by atoms with van der Waals surface area (Å²) >= 11 is 0. The van der Waals surface area contributed by atoms with Crippen LogP contribution in [0.3, 0.4) is 0 Å². The molecule has 13 heavy (non-hydrogen) atoms. The van der Waals surface area contributed by atoms with Crippen LogP contribution in [-0.2, 0) is 16.8 Å². The van der Waals surface area contributed by atoms with Gasteiger partial charge in [0.2, 0.25) is 0 Å². The van der Waals surface area contributed by atoms with Crippen molar-refractivity contribution in [3.8, 4) is 0 Å². The Balaban J connectivity index is 2.72. The lowest BCUT2D eigenvalue weighted by Crippen LogP contribution is -2.21. The van der Waals surface area contributed by atoms with Crippen molar-refractivity contribution < 1.29 is 17.5 Å². The third-order valence-electron chi connectivity index (χ3n) is 1.40. The molecule has 4 nitrogen and oxygen atoms in total. The molecule has 1 N–H and O–H groups in total. The van der Waals surface area contributed by atoms with Crippen molar-refractivity contribution in [2.24, 2.45) is 0 Å². The predicted octanol–water partition coefficient (Wildman–Crippen LogP) is 1.18. The van der Waals surface area contributed by atoms with E-state index in [2.05, 4.69) is 0 Å². The molecule has 72 valence electrons. The van der Waals surface area contributed by atoms with Gasteiger partial charge in [-0.05, 0) is 10.1 Å². The number of rotatable bonds is 3. The Hall–Kier alpha value is -0.980. The third kappa shape index (κ3) is 3.10. The number of halogens is 1. The summed E-state index contributed by atoms with van der Waals surface area (Å²) in [4.78, 5) is 0. The molecule has 0 saturated heterocycles. The van der Waals surface area contributed by atoms with E-state index in [1.165, 1.54) is 0 Å². The summed E-state index contributed by atoms with van der Waals surface area (Å²) in [7, 11) is -4.73. The van der Waals surface area contributed by atoms with Gasteiger partial charge in [-0.1, -0.05) is 30.3 Å². The molecule has 0 bridgehead atoms. The molecule has 0 unspecified atom stereocenters. The Morgan fingerprint density at radius 3 is 2.31 bits per heavy atom. The van der Waals surface area contributed by atoms with E-state index in [1.807, 2.05) is 0 Å². The van der Waals surface area contributed by atoms with Crippen LogP contribution in [0.1, 0.15) is 5.56 Å². The fourth-order valence-electron chi connectivity index (χ4n) is 0.809. The van der Waals surface area contributed by atoms with Gasteiger partial charge < -0.3 is 0 Å². The average molecular weight is 205 g/mol. The van der Waals surface area contributed by atoms with Crippen LogP contribution in [0.5, 0.6) is 0 Å². The van der Waals surface area contributed by atoms with E-state index < -0.39 is 21.4 Å². The number of nitrogens with zero attached hydrogens (tertiary/aromatic N) is 1. The van der Waals surface area contributed by atoms with E-state index in [4.69, 9.17) is 4.55 Å². The van der Waals surface area contributed by atoms with Crippen molar-refractivity contribution in [1.82, 2.24) is 4.53 Å². The van der Waals surface area contributed by atoms with Gasteiger partial charge in [0.25, 0.3) is 0 Å². The van der Waals surface area contributed by atoms with E-state index in [9.17, 15) is 12.9 Å². The van der Waals surface area contributed by atoms with Crippen LogP contribution in [0.4, 0.5) is 4.48 Å². The van der Waals surface area contributed by atoms with E-state index in [0.29, 0.717) is 5.56 Å². The van der Waals surface area contributed by atoms with Gasteiger partial charge >= 0.3 is 10.3 Å². The molecule has 0 atom stereocenters. The molecule has 0 amide bonds. The van der Waals surface area contributed by atoms with Gasteiger partial charge in [0, 0.05) is 0 Å². The monoisotopic (exact) mass is 205 g/mol. The minimum Gasteiger partial charge on any atom is -0.272 e. The van der Waals surface area contributed by atoms with Crippen LogP contribution < -0.4 is 0 Å². The molecule has 6 heteroatoms. The topological polar surface area (TPSA) is 57.6 Å². The Morgan fingerprint density at radius 1 is 1.31 bits per heavy atom. The molecule has 0 aliphatic carbocycles. The second-order valence-electron chi connectivity index (χ2n) is 2.41. The minimum absolute atomic E-state index is 0.461. The first kappa shape index (κ1) is 10.1. The van der Waals surface area contributed by atoms with E-state index in [-0.39, 0.29) is 0 Å². The van der Waals surface area contributed by atoms with Crippen molar-refractivity contribution in [3.63, 3.8) is 0 Å². The molecule has 1 aromatic rings. The molecule has 0 saturated carbocycles. The SMILES string of the molecule is O=S(=O)(O)N(F)Cc1ccccc1. The van der Waals surface area contributed by atoms with Gasteiger partial charge in [0.1, 0.15) is 0 Å². The Kier molecular flexibility index (Phi) is 2.97. The second kappa shape index (κ2) is 3.82. The van der Waals surface area contributed by atoms with Gasteiger partial charge in [-0.2, -0.15) is 8.42 Å². The van der Waals surface area contributed by atoms with E-state index >= 15 is 0 Å². The molecule has 1 rings (SSSR count). The smallest absolute Gasteiger partial charge is 0.272 e. The minimum atomic E-state index is -4.73. The maximum atomic E-state index is 12.6. The molecular weight excluding hydrogens is 197 g/mol. The lowest BCUT2D eigenvalue weighted by Gasteiger charge is -2.06. The molecule has 0 aliphatic heterocycles. The second-order valence-corrected chi connectivity index (χ2v) is 3.70. The van der Waals surface area contributed by atoms with Gasteiger partial charge in [0.15, 0.2) is 0 Å². The van der Waals surface area contributed by atoms with Crippen molar-refractivity contribution in [2.75, 3.05) is 0 Å². The molecule has 0 aromatic heterocycles. The fourth-order valence-corrected chi connectivity index (χ4v) is 1.12. The van der Waals surface area contributed by atoms with Crippen molar-refractivity contribution in [1.29, 1.82) is 0 Å². The van der Waals surface area contributed by atoms with E-state index in [0.717, 1.165) is 0 Å². The van der Waals surface area contributed by atoms with Gasteiger partial charge in [0.05, 0.1) is 6.54 Å². The van der Waals surface area contributed by atoms with E-state index in [1.54, 1.807) is 30.3 Å². The standard InChI is InChI=1S/C7H8FNO3S/c8-9(13(10,11)12)6-7-4-2-1-3-5-7/h1-5H,6H2,(H,10,11,12). The van der Waals surface area contributed by atoms with Crippen LogP contribution in [0.15, 0.2) is 30.3 Å². The summed E-state index contributed by atoms with van der Waals surface area (Å²) in [6.07, 6.45) is 0. The number of benzene rings is 1. The maximum absolute atomic E-state index is 12.6. The Labute approximate surface area is 75.4 Å². The molecule has 0 fully saturated rings. The zero-order chi connectivity index (χ0) is 9.90. The lowest BCUT2D eigenvalue weighted by molar-refractivity contribution is 0.113.